The molecule has 0 amide bonds. The van der Waals surface area contributed by atoms with Gasteiger partial charge in [0.2, 0.25) is 22.0 Å². The van der Waals surface area contributed by atoms with E-state index in [0.717, 1.165) is 0 Å². The molecule has 1 rings (SSSR count). The molecule has 1 aromatic carbocycles. The number of aliphatic imine (C=N–C) groups is 3. The standard InChI is InChI=1S/C10H2Cl3N3O3/c11-10(12,13)9-7(15-4-18)1-6(14-3-17)2-8(9)16-5-19/h1-2H. The highest BCUT2D eigenvalue weighted by molar-refractivity contribution is 6.67. The first kappa shape index (κ1) is 15.3. The molecule has 0 aliphatic heterocycles. The molecule has 96 valence electrons. The number of hydrogen-bond acceptors (Lipinski definition) is 6. The molecule has 0 radical (unpaired) electrons. The first-order chi connectivity index (χ1) is 8.93. The first-order valence-corrected chi connectivity index (χ1v) is 5.56. The van der Waals surface area contributed by atoms with Gasteiger partial charge >= 0.3 is 0 Å². The number of alkyl halides is 3. The molecule has 0 aromatic heterocycles. The van der Waals surface area contributed by atoms with Crippen LogP contribution in [0.1, 0.15) is 5.56 Å². The maximum Gasteiger partial charge on any atom is 0.240 e. The Morgan fingerprint density at radius 2 is 1.26 bits per heavy atom. The van der Waals surface area contributed by atoms with E-state index in [4.69, 9.17) is 34.8 Å². The Labute approximate surface area is 121 Å². The van der Waals surface area contributed by atoms with Crippen molar-refractivity contribution in [3.63, 3.8) is 0 Å². The predicted molar refractivity (Wildman–Crippen MR) is 69.0 cm³/mol. The number of benzene rings is 1. The Bertz CT molecular complexity index is 611. The van der Waals surface area contributed by atoms with Crippen molar-refractivity contribution in [2.24, 2.45) is 15.0 Å². The third kappa shape index (κ3) is 3.85. The molecule has 6 nitrogen and oxygen atoms in total. The predicted octanol–water partition coefficient (Wildman–Crippen LogP) is 3.42. The van der Waals surface area contributed by atoms with Crippen molar-refractivity contribution in [2.75, 3.05) is 0 Å². The zero-order valence-electron chi connectivity index (χ0n) is 8.85. The van der Waals surface area contributed by atoms with Gasteiger partial charge in [-0.2, -0.15) is 15.0 Å². The summed E-state index contributed by atoms with van der Waals surface area (Å²) in [6, 6.07) is 2.35. The maximum absolute atomic E-state index is 10.4. The van der Waals surface area contributed by atoms with E-state index in [1.807, 2.05) is 0 Å². The van der Waals surface area contributed by atoms with Gasteiger partial charge < -0.3 is 0 Å². The number of isocyanates is 3. The number of carbonyl (C=O) groups excluding carboxylic acids is 3. The second-order valence-electron chi connectivity index (χ2n) is 2.97. The topological polar surface area (TPSA) is 88.3 Å². The van der Waals surface area contributed by atoms with Crippen molar-refractivity contribution >= 4 is 70.1 Å². The number of nitrogens with zero attached hydrogens (tertiary/aromatic N) is 3. The summed E-state index contributed by atoms with van der Waals surface area (Å²) >= 11 is 17.1. The highest BCUT2D eigenvalue weighted by Crippen LogP contribution is 2.49. The highest BCUT2D eigenvalue weighted by Gasteiger charge is 2.30. The van der Waals surface area contributed by atoms with E-state index in [1.54, 1.807) is 0 Å². The van der Waals surface area contributed by atoms with E-state index in [2.05, 4.69) is 15.0 Å². The quantitative estimate of drug-likeness (QED) is 0.486. The van der Waals surface area contributed by atoms with Crippen LogP contribution in [0.5, 0.6) is 0 Å². The molecule has 0 aliphatic rings. The summed E-state index contributed by atoms with van der Waals surface area (Å²) in [6.45, 7) is 0. The van der Waals surface area contributed by atoms with Gasteiger partial charge in [0.25, 0.3) is 0 Å². The van der Waals surface area contributed by atoms with Crippen molar-refractivity contribution in [1.29, 1.82) is 0 Å². The van der Waals surface area contributed by atoms with Gasteiger partial charge in [-0.15, -0.1) is 0 Å². The number of hydrogen-bond donors (Lipinski definition) is 0. The van der Waals surface area contributed by atoms with Crippen LogP contribution in [-0.4, -0.2) is 18.2 Å². The molecule has 1 aromatic rings. The average molecular weight is 319 g/mol. The normalized spacial score (nSPS) is 9.84. The molecule has 0 N–H and O–H groups in total. The molecule has 0 aliphatic carbocycles. The third-order valence-electron chi connectivity index (χ3n) is 1.87. The van der Waals surface area contributed by atoms with Crippen LogP contribution in [0.25, 0.3) is 0 Å². The molecule has 19 heavy (non-hydrogen) atoms. The van der Waals surface area contributed by atoms with Gasteiger partial charge in [0.1, 0.15) is 0 Å². The molecular formula is C10H2Cl3N3O3. The Morgan fingerprint density at radius 1 is 0.842 bits per heavy atom. The van der Waals surface area contributed by atoms with Crippen LogP contribution in [0.15, 0.2) is 27.1 Å². The summed E-state index contributed by atoms with van der Waals surface area (Å²) in [7, 11) is 0. The van der Waals surface area contributed by atoms with Crippen molar-refractivity contribution in [3.8, 4) is 0 Å². The Kier molecular flexibility index (Phi) is 5.16. The van der Waals surface area contributed by atoms with Gasteiger partial charge in [0.15, 0.2) is 0 Å². The molecule has 0 saturated carbocycles. The van der Waals surface area contributed by atoms with E-state index in [0.29, 0.717) is 0 Å². The second-order valence-corrected chi connectivity index (χ2v) is 5.25. The summed E-state index contributed by atoms with van der Waals surface area (Å²) < 4.78 is -2.01. The molecule has 0 bridgehead atoms. The summed E-state index contributed by atoms with van der Waals surface area (Å²) in [6.07, 6.45) is 3.78. The van der Waals surface area contributed by atoms with Crippen LogP contribution in [0.2, 0.25) is 0 Å². The Balaban J connectivity index is 3.79. The fourth-order valence-corrected chi connectivity index (χ4v) is 1.86. The largest absolute Gasteiger partial charge is 0.240 e. The smallest absolute Gasteiger partial charge is 0.211 e. The molecule has 0 saturated heterocycles. The van der Waals surface area contributed by atoms with Gasteiger partial charge in [-0.1, -0.05) is 34.8 Å². The minimum Gasteiger partial charge on any atom is -0.211 e. The first-order valence-electron chi connectivity index (χ1n) is 4.43. The van der Waals surface area contributed by atoms with Gasteiger partial charge in [0.05, 0.1) is 22.6 Å². The van der Waals surface area contributed by atoms with Gasteiger partial charge in [0, 0.05) is 0 Å². The van der Waals surface area contributed by atoms with E-state index in [1.165, 1.54) is 30.4 Å². The number of rotatable bonds is 3. The van der Waals surface area contributed by atoms with Crippen molar-refractivity contribution in [3.05, 3.63) is 17.7 Å². The molecule has 0 atom stereocenters. The monoisotopic (exact) mass is 317 g/mol. The van der Waals surface area contributed by atoms with Crippen LogP contribution in [0.3, 0.4) is 0 Å². The van der Waals surface area contributed by atoms with Crippen molar-refractivity contribution in [1.82, 2.24) is 0 Å². The van der Waals surface area contributed by atoms with Gasteiger partial charge in [-0.05, 0) is 12.1 Å². The molecule has 0 fully saturated rings. The lowest BCUT2D eigenvalue weighted by Crippen LogP contribution is -2.01. The minimum absolute atomic E-state index is 0.0241. The zero-order chi connectivity index (χ0) is 14.5. The fraction of sp³-hybridized carbons (Fsp3) is 0.100. The van der Waals surface area contributed by atoms with E-state index in [-0.39, 0.29) is 22.6 Å². The van der Waals surface area contributed by atoms with Gasteiger partial charge in [-0.3, -0.25) is 0 Å². The van der Waals surface area contributed by atoms with Crippen LogP contribution in [0.4, 0.5) is 17.1 Å². The van der Waals surface area contributed by atoms with Crippen molar-refractivity contribution in [2.45, 2.75) is 3.79 Å². The zero-order valence-corrected chi connectivity index (χ0v) is 11.1. The lowest BCUT2D eigenvalue weighted by molar-refractivity contribution is 0.564. The Hall–Kier alpha value is -1.77. The minimum atomic E-state index is -2.01. The lowest BCUT2D eigenvalue weighted by Gasteiger charge is -2.15. The lowest BCUT2D eigenvalue weighted by atomic mass is 10.1. The summed E-state index contributed by atoms with van der Waals surface area (Å²) in [5, 5.41) is 0. The molecule has 0 unspecified atom stereocenters. The molecule has 9 heteroatoms. The van der Waals surface area contributed by atoms with Crippen LogP contribution < -0.4 is 0 Å². The van der Waals surface area contributed by atoms with Crippen LogP contribution in [0, 0.1) is 0 Å². The average Bonchev–Trinajstić information content (AvgIpc) is 2.28. The van der Waals surface area contributed by atoms with E-state index >= 15 is 0 Å². The van der Waals surface area contributed by atoms with Crippen LogP contribution in [-0.2, 0) is 18.2 Å². The summed E-state index contributed by atoms with van der Waals surface area (Å²) in [4.78, 5) is 40.9. The van der Waals surface area contributed by atoms with Crippen molar-refractivity contribution < 1.29 is 14.4 Å². The molecule has 0 spiro atoms. The van der Waals surface area contributed by atoms with E-state index < -0.39 is 3.79 Å². The fourth-order valence-electron chi connectivity index (χ4n) is 1.28. The summed E-state index contributed by atoms with van der Waals surface area (Å²) in [5.41, 5.74) is -0.383. The SMILES string of the molecule is O=C=Nc1cc(N=C=O)c(C(Cl)(Cl)Cl)c(N=C=O)c1. The van der Waals surface area contributed by atoms with E-state index in [9.17, 15) is 14.4 Å². The second kappa shape index (κ2) is 6.41. The maximum atomic E-state index is 10.4. The highest BCUT2D eigenvalue weighted by atomic mass is 35.6. The summed E-state index contributed by atoms with van der Waals surface area (Å²) in [5.74, 6) is 0. The molecule has 0 heterocycles. The Morgan fingerprint density at radius 3 is 1.58 bits per heavy atom. The van der Waals surface area contributed by atoms with Gasteiger partial charge in [-0.25, -0.2) is 14.4 Å². The number of halogens is 3. The van der Waals surface area contributed by atoms with Crippen LogP contribution >= 0.6 is 34.8 Å². The molecular weight excluding hydrogens is 316 g/mol. The third-order valence-corrected chi connectivity index (χ3v) is 2.44.